The van der Waals surface area contributed by atoms with Crippen LogP contribution in [0.1, 0.15) is 12.5 Å². The molecule has 12 heteroatoms. The minimum Gasteiger partial charge on any atom is -0.406 e. The first kappa shape index (κ1) is 21.9. The number of halogens is 4. The number of imidazole rings is 1. The average molecular weight is 423 g/mol. The maximum atomic E-state index is 12.2. The largest absolute Gasteiger partial charge is 0.573 e. The van der Waals surface area contributed by atoms with E-state index in [4.69, 9.17) is 11.6 Å². The number of hydrogen-bond acceptors (Lipinski definition) is 6. The van der Waals surface area contributed by atoms with Gasteiger partial charge in [-0.05, 0) is 53.2 Å². The van der Waals surface area contributed by atoms with Gasteiger partial charge in [0.05, 0.1) is 12.1 Å². The zero-order valence-corrected chi connectivity index (χ0v) is 15.7. The Morgan fingerprint density at radius 1 is 1.36 bits per heavy atom. The van der Waals surface area contributed by atoms with Gasteiger partial charge in [-0.2, -0.15) is 0 Å². The first-order valence-electron chi connectivity index (χ1n) is 7.97. The van der Waals surface area contributed by atoms with E-state index in [1.54, 1.807) is 11.9 Å². The van der Waals surface area contributed by atoms with Gasteiger partial charge >= 0.3 is 17.5 Å². The molecule has 0 saturated heterocycles. The summed E-state index contributed by atoms with van der Waals surface area (Å²) in [6.45, 7) is 2.01. The Kier molecular flexibility index (Phi) is 6.52. The standard InChI is InChI=1S/C16H18ClF3N4O4/c1-15(25,10-23-8-13(24(26)27)21-14(23)17)9-22(2)7-11-3-5-12(6-4-11)28-16(18,19)20/h3-6,8,25H,7,9-10H2,1-2H3/t15-/m0/s1. The molecular weight excluding hydrogens is 405 g/mol. The lowest BCUT2D eigenvalue weighted by Gasteiger charge is -2.29. The third-order valence-corrected chi connectivity index (χ3v) is 3.93. The van der Waals surface area contributed by atoms with Crippen molar-refractivity contribution in [2.45, 2.75) is 32.0 Å². The van der Waals surface area contributed by atoms with Gasteiger partial charge in [0, 0.05) is 13.1 Å². The smallest absolute Gasteiger partial charge is 0.406 e. The number of rotatable bonds is 8. The van der Waals surface area contributed by atoms with E-state index in [0.717, 1.165) is 6.20 Å². The fourth-order valence-electron chi connectivity index (χ4n) is 2.74. The second-order valence-electron chi connectivity index (χ2n) is 6.61. The van der Waals surface area contributed by atoms with E-state index in [0.29, 0.717) is 12.1 Å². The molecular formula is C16H18ClF3N4O4. The summed E-state index contributed by atoms with van der Waals surface area (Å²) in [4.78, 5) is 15.4. The first-order valence-corrected chi connectivity index (χ1v) is 8.35. The van der Waals surface area contributed by atoms with Crippen LogP contribution in [-0.4, -0.2) is 50.0 Å². The minimum atomic E-state index is -4.75. The monoisotopic (exact) mass is 422 g/mol. The van der Waals surface area contributed by atoms with Crippen LogP contribution in [0, 0.1) is 10.1 Å². The van der Waals surface area contributed by atoms with Crippen LogP contribution in [0.4, 0.5) is 19.0 Å². The van der Waals surface area contributed by atoms with E-state index >= 15 is 0 Å². The topological polar surface area (TPSA) is 93.7 Å². The summed E-state index contributed by atoms with van der Waals surface area (Å²) in [5.74, 6) is -0.738. The van der Waals surface area contributed by atoms with Crippen LogP contribution < -0.4 is 4.74 Å². The van der Waals surface area contributed by atoms with Gasteiger partial charge in [0.15, 0.2) is 0 Å². The van der Waals surface area contributed by atoms with Gasteiger partial charge in [-0.25, -0.2) is 0 Å². The molecule has 1 heterocycles. The molecule has 0 spiro atoms. The number of nitrogens with zero attached hydrogens (tertiary/aromatic N) is 4. The highest BCUT2D eigenvalue weighted by Gasteiger charge is 2.31. The van der Waals surface area contributed by atoms with Crippen LogP contribution in [0.3, 0.4) is 0 Å². The van der Waals surface area contributed by atoms with Crippen LogP contribution in [0.25, 0.3) is 0 Å². The molecule has 1 atom stereocenters. The molecule has 0 bridgehead atoms. The molecule has 1 aromatic carbocycles. The van der Waals surface area contributed by atoms with Crippen molar-refractivity contribution in [2.24, 2.45) is 0 Å². The molecule has 0 unspecified atom stereocenters. The summed E-state index contributed by atoms with van der Waals surface area (Å²) < 4.78 is 41.6. The summed E-state index contributed by atoms with van der Waals surface area (Å²) in [6, 6.07) is 5.39. The molecule has 0 fully saturated rings. The number of aromatic nitrogens is 2. The van der Waals surface area contributed by atoms with E-state index in [9.17, 15) is 28.4 Å². The molecule has 2 aromatic rings. The summed E-state index contributed by atoms with van der Waals surface area (Å²) in [5.41, 5.74) is -0.587. The molecule has 0 aliphatic rings. The molecule has 1 aromatic heterocycles. The maximum Gasteiger partial charge on any atom is 0.573 e. The summed E-state index contributed by atoms with van der Waals surface area (Å²) in [7, 11) is 1.71. The fraction of sp³-hybridized carbons (Fsp3) is 0.438. The fourth-order valence-corrected chi connectivity index (χ4v) is 2.94. The van der Waals surface area contributed by atoms with Gasteiger partial charge in [0.25, 0.3) is 0 Å². The van der Waals surface area contributed by atoms with Crippen LogP contribution in [0.5, 0.6) is 5.75 Å². The Labute approximate surface area is 163 Å². The number of aliphatic hydroxyl groups is 1. The molecule has 28 heavy (non-hydrogen) atoms. The Morgan fingerprint density at radius 2 is 1.96 bits per heavy atom. The Hall–Kier alpha value is -2.37. The van der Waals surface area contributed by atoms with E-state index < -0.39 is 22.7 Å². The van der Waals surface area contributed by atoms with Crippen molar-refractivity contribution in [3.8, 4) is 5.75 Å². The Balaban J connectivity index is 1.95. The number of benzene rings is 1. The second-order valence-corrected chi connectivity index (χ2v) is 6.95. The molecule has 2 rings (SSSR count). The Bertz CT molecular complexity index is 824. The van der Waals surface area contributed by atoms with Gasteiger partial charge in [-0.1, -0.05) is 12.1 Å². The quantitative estimate of drug-likeness (QED) is 0.518. The predicted octanol–water partition coefficient (Wildman–Crippen LogP) is 3.23. The van der Waals surface area contributed by atoms with Crippen LogP contribution in [0.15, 0.2) is 30.5 Å². The van der Waals surface area contributed by atoms with E-state index in [-0.39, 0.29) is 24.1 Å². The lowest BCUT2D eigenvalue weighted by Crippen LogP contribution is -2.42. The molecule has 0 radical (unpaired) electrons. The molecule has 0 saturated carbocycles. The summed E-state index contributed by atoms with van der Waals surface area (Å²) >= 11 is 5.85. The number of hydrogen-bond donors (Lipinski definition) is 1. The minimum absolute atomic E-state index is 0.0324. The van der Waals surface area contributed by atoms with Gasteiger partial charge in [0.2, 0.25) is 0 Å². The van der Waals surface area contributed by atoms with Crippen LogP contribution in [-0.2, 0) is 13.1 Å². The normalized spacial score (nSPS) is 14.1. The highest BCUT2D eigenvalue weighted by atomic mass is 35.5. The van der Waals surface area contributed by atoms with Crippen molar-refractivity contribution in [3.63, 3.8) is 0 Å². The zero-order chi connectivity index (χ0) is 21.1. The van der Waals surface area contributed by atoms with Crippen LogP contribution >= 0.6 is 11.6 Å². The third-order valence-electron chi connectivity index (χ3n) is 3.63. The number of likely N-dealkylation sites (N-methyl/N-ethyl adjacent to an activating group) is 1. The van der Waals surface area contributed by atoms with Gasteiger partial charge in [-0.15, -0.1) is 13.2 Å². The maximum absolute atomic E-state index is 12.2. The highest BCUT2D eigenvalue weighted by Crippen LogP contribution is 2.23. The van der Waals surface area contributed by atoms with Crippen molar-refractivity contribution in [1.29, 1.82) is 0 Å². The molecule has 8 nitrogen and oxygen atoms in total. The highest BCUT2D eigenvalue weighted by molar-refractivity contribution is 6.28. The second kappa shape index (κ2) is 8.33. The van der Waals surface area contributed by atoms with Crippen molar-refractivity contribution < 1.29 is 27.9 Å². The van der Waals surface area contributed by atoms with Crippen molar-refractivity contribution in [3.05, 3.63) is 51.4 Å². The summed E-state index contributed by atoms with van der Waals surface area (Å²) in [6.07, 6.45) is -3.61. The summed E-state index contributed by atoms with van der Waals surface area (Å²) in [5, 5.41) is 21.2. The van der Waals surface area contributed by atoms with E-state index in [1.807, 2.05) is 0 Å². The predicted molar refractivity (Wildman–Crippen MR) is 94.0 cm³/mol. The van der Waals surface area contributed by atoms with E-state index in [1.165, 1.54) is 35.8 Å². The lowest BCUT2D eigenvalue weighted by molar-refractivity contribution is -0.389. The van der Waals surface area contributed by atoms with Crippen LogP contribution in [0.2, 0.25) is 5.28 Å². The zero-order valence-electron chi connectivity index (χ0n) is 15.0. The Morgan fingerprint density at radius 3 is 2.46 bits per heavy atom. The van der Waals surface area contributed by atoms with Gasteiger partial charge in [0.1, 0.15) is 11.9 Å². The van der Waals surface area contributed by atoms with Crippen molar-refractivity contribution >= 4 is 17.4 Å². The van der Waals surface area contributed by atoms with Gasteiger partial charge < -0.3 is 20.0 Å². The number of nitro groups is 1. The number of alkyl halides is 3. The molecule has 0 aliphatic carbocycles. The molecule has 0 aliphatic heterocycles. The van der Waals surface area contributed by atoms with E-state index in [2.05, 4.69) is 9.72 Å². The molecule has 1 N–H and O–H groups in total. The average Bonchev–Trinajstić information content (AvgIpc) is 2.87. The van der Waals surface area contributed by atoms with Gasteiger partial charge in [-0.3, -0.25) is 9.47 Å². The van der Waals surface area contributed by atoms with Crippen molar-refractivity contribution in [2.75, 3.05) is 13.6 Å². The molecule has 154 valence electrons. The lowest BCUT2D eigenvalue weighted by atomic mass is 10.1. The SMILES string of the molecule is CN(Cc1ccc(OC(F)(F)F)cc1)C[C@](C)(O)Cn1cc([N+](=O)[O-])nc1Cl. The third kappa shape index (κ3) is 6.66. The number of ether oxygens (including phenoxy) is 1. The van der Waals surface area contributed by atoms with Crippen molar-refractivity contribution in [1.82, 2.24) is 14.5 Å². The molecule has 0 amide bonds. The first-order chi connectivity index (χ1) is 12.8.